The van der Waals surface area contributed by atoms with E-state index < -0.39 is 0 Å². The molecular weight excluding hydrogens is 313 g/mol. The molecular formula is C12H14IN3. The molecule has 0 unspecified atom stereocenters. The summed E-state index contributed by atoms with van der Waals surface area (Å²) in [6, 6.07) is 3.88. The quantitative estimate of drug-likeness (QED) is 0.445. The third kappa shape index (κ3) is 2.76. The van der Waals surface area contributed by atoms with Crippen molar-refractivity contribution < 1.29 is 0 Å². The summed E-state index contributed by atoms with van der Waals surface area (Å²) in [5, 5.41) is 17.6. The number of allylic oxidation sites excluding steroid dienone is 4. The predicted molar refractivity (Wildman–Crippen MR) is 71.5 cm³/mol. The topological polar surface area (TPSA) is 50.8 Å². The summed E-state index contributed by atoms with van der Waals surface area (Å²) in [4.78, 5) is 2.32. The van der Waals surface area contributed by atoms with Gasteiger partial charge in [0.25, 0.3) is 0 Å². The number of hydrogen-bond donors (Lipinski definition) is 0. The summed E-state index contributed by atoms with van der Waals surface area (Å²) in [6.45, 7) is 6.06. The van der Waals surface area contributed by atoms with E-state index in [4.69, 9.17) is 10.5 Å². The molecule has 1 aliphatic heterocycles. The standard InChI is InChI=1S/C12H14IN3/c1-9(11(7-14)8-15)12(13)10(2)16-5-3-4-6-16/h3-6H2,1-2H3/b12-10-. The second-order valence-corrected chi connectivity index (χ2v) is 4.90. The van der Waals surface area contributed by atoms with Crippen LogP contribution in [0.5, 0.6) is 0 Å². The van der Waals surface area contributed by atoms with Crippen LogP contribution in [0.4, 0.5) is 0 Å². The Balaban J connectivity index is 3.04. The molecule has 1 fully saturated rings. The van der Waals surface area contributed by atoms with E-state index >= 15 is 0 Å². The Morgan fingerprint density at radius 2 is 1.62 bits per heavy atom. The van der Waals surface area contributed by atoms with Crippen molar-refractivity contribution in [2.24, 2.45) is 0 Å². The Labute approximate surface area is 110 Å². The molecule has 0 atom stereocenters. The molecule has 0 N–H and O–H groups in total. The fourth-order valence-corrected chi connectivity index (χ4v) is 2.38. The molecule has 0 aromatic heterocycles. The molecule has 4 heteroatoms. The first kappa shape index (κ1) is 13.1. The maximum atomic E-state index is 8.82. The SMILES string of the molecule is CC(=C(C#N)C#N)/C(I)=C(\C)N1CCCC1. The van der Waals surface area contributed by atoms with Gasteiger partial charge in [-0.25, -0.2) is 0 Å². The molecule has 0 radical (unpaired) electrons. The number of nitriles is 2. The van der Waals surface area contributed by atoms with E-state index in [1.807, 2.05) is 19.1 Å². The maximum Gasteiger partial charge on any atom is 0.133 e. The first-order chi connectivity index (χ1) is 7.61. The third-order valence-corrected chi connectivity index (χ3v) is 4.42. The zero-order valence-electron chi connectivity index (χ0n) is 9.55. The van der Waals surface area contributed by atoms with E-state index in [1.54, 1.807) is 0 Å². The molecule has 16 heavy (non-hydrogen) atoms. The van der Waals surface area contributed by atoms with Crippen molar-refractivity contribution in [3.63, 3.8) is 0 Å². The molecule has 0 amide bonds. The Kier molecular flexibility index (Phi) is 4.82. The van der Waals surface area contributed by atoms with Crippen LogP contribution < -0.4 is 0 Å². The Morgan fingerprint density at radius 3 is 2.06 bits per heavy atom. The minimum Gasteiger partial charge on any atom is -0.374 e. The van der Waals surface area contributed by atoms with Gasteiger partial charge in [-0.1, -0.05) is 0 Å². The number of halogens is 1. The van der Waals surface area contributed by atoms with Gasteiger partial charge in [-0.3, -0.25) is 0 Å². The van der Waals surface area contributed by atoms with Gasteiger partial charge in [0.05, 0.1) is 0 Å². The normalized spacial score (nSPS) is 16.2. The Morgan fingerprint density at radius 1 is 1.12 bits per heavy atom. The molecule has 84 valence electrons. The minimum atomic E-state index is 0.211. The second-order valence-electron chi connectivity index (χ2n) is 3.82. The van der Waals surface area contributed by atoms with Crippen molar-refractivity contribution in [1.82, 2.24) is 4.90 Å². The van der Waals surface area contributed by atoms with Gasteiger partial charge in [0, 0.05) is 22.4 Å². The summed E-state index contributed by atoms with van der Waals surface area (Å²) < 4.78 is 1.03. The number of likely N-dealkylation sites (tertiary alicyclic amines) is 1. The Bertz CT molecular complexity index is 399. The first-order valence-corrected chi connectivity index (χ1v) is 6.32. The van der Waals surface area contributed by atoms with E-state index in [2.05, 4.69) is 34.4 Å². The Hall–Kier alpha value is -1.01. The summed E-state index contributed by atoms with van der Waals surface area (Å²) in [5.41, 5.74) is 2.18. The van der Waals surface area contributed by atoms with Crippen LogP contribution in [-0.2, 0) is 0 Å². The molecule has 0 aliphatic carbocycles. The first-order valence-electron chi connectivity index (χ1n) is 5.24. The zero-order chi connectivity index (χ0) is 12.1. The van der Waals surface area contributed by atoms with Crippen LogP contribution in [0.2, 0.25) is 0 Å². The van der Waals surface area contributed by atoms with E-state index in [1.165, 1.54) is 18.5 Å². The van der Waals surface area contributed by atoms with Gasteiger partial charge in [-0.2, -0.15) is 10.5 Å². The molecule has 1 heterocycles. The van der Waals surface area contributed by atoms with Gasteiger partial charge < -0.3 is 4.90 Å². The summed E-state index contributed by atoms with van der Waals surface area (Å²) in [5.74, 6) is 0. The fourth-order valence-electron chi connectivity index (χ4n) is 1.77. The molecule has 0 saturated carbocycles. The molecule has 1 aliphatic rings. The van der Waals surface area contributed by atoms with Gasteiger partial charge in [0.15, 0.2) is 0 Å². The number of hydrogen-bond acceptors (Lipinski definition) is 3. The monoisotopic (exact) mass is 327 g/mol. The van der Waals surface area contributed by atoms with Crippen LogP contribution in [0, 0.1) is 22.7 Å². The molecule has 1 saturated heterocycles. The van der Waals surface area contributed by atoms with Crippen molar-refractivity contribution >= 4 is 22.6 Å². The van der Waals surface area contributed by atoms with Crippen molar-refractivity contribution in [3.8, 4) is 12.1 Å². The minimum absolute atomic E-state index is 0.211. The smallest absolute Gasteiger partial charge is 0.133 e. The van der Waals surface area contributed by atoms with Crippen molar-refractivity contribution in [2.75, 3.05) is 13.1 Å². The highest BCUT2D eigenvalue weighted by molar-refractivity contribution is 14.1. The molecule has 1 rings (SSSR count). The fraction of sp³-hybridized carbons (Fsp3) is 0.500. The van der Waals surface area contributed by atoms with Crippen LogP contribution in [0.3, 0.4) is 0 Å². The highest BCUT2D eigenvalue weighted by atomic mass is 127. The van der Waals surface area contributed by atoms with E-state index in [0.717, 1.165) is 22.2 Å². The average molecular weight is 327 g/mol. The average Bonchev–Trinajstić information content (AvgIpc) is 2.82. The molecule has 0 bridgehead atoms. The highest BCUT2D eigenvalue weighted by Gasteiger charge is 2.16. The van der Waals surface area contributed by atoms with E-state index in [-0.39, 0.29) is 5.57 Å². The second kappa shape index (κ2) is 5.91. The molecule has 0 aromatic rings. The van der Waals surface area contributed by atoms with E-state index in [9.17, 15) is 0 Å². The van der Waals surface area contributed by atoms with Gasteiger partial charge >= 0.3 is 0 Å². The van der Waals surface area contributed by atoms with Crippen LogP contribution in [0.15, 0.2) is 20.4 Å². The largest absolute Gasteiger partial charge is 0.374 e. The van der Waals surface area contributed by atoms with Crippen molar-refractivity contribution in [1.29, 1.82) is 10.5 Å². The van der Waals surface area contributed by atoms with E-state index in [0.29, 0.717) is 0 Å². The van der Waals surface area contributed by atoms with Gasteiger partial charge in [-0.05, 0) is 54.9 Å². The van der Waals surface area contributed by atoms with Crippen molar-refractivity contribution in [2.45, 2.75) is 26.7 Å². The summed E-state index contributed by atoms with van der Waals surface area (Å²) in [6.07, 6.45) is 2.46. The van der Waals surface area contributed by atoms with Crippen LogP contribution >= 0.6 is 22.6 Å². The lowest BCUT2D eigenvalue weighted by Crippen LogP contribution is -2.17. The predicted octanol–water partition coefficient (Wildman–Crippen LogP) is 3.11. The van der Waals surface area contributed by atoms with Crippen molar-refractivity contribution in [3.05, 3.63) is 20.4 Å². The number of nitrogens with zero attached hydrogens (tertiary/aromatic N) is 3. The maximum absolute atomic E-state index is 8.82. The number of rotatable bonds is 2. The third-order valence-electron chi connectivity index (χ3n) is 2.83. The van der Waals surface area contributed by atoms with Crippen LogP contribution in [0.25, 0.3) is 0 Å². The molecule has 3 nitrogen and oxygen atoms in total. The lowest BCUT2D eigenvalue weighted by Gasteiger charge is -2.20. The summed E-state index contributed by atoms with van der Waals surface area (Å²) >= 11 is 2.22. The molecule has 0 spiro atoms. The molecule has 0 aromatic carbocycles. The zero-order valence-corrected chi connectivity index (χ0v) is 11.7. The van der Waals surface area contributed by atoms with Crippen LogP contribution in [0.1, 0.15) is 26.7 Å². The van der Waals surface area contributed by atoms with Gasteiger partial charge in [0.2, 0.25) is 0 Å². The lowest BCUT2D eigenvalue weighted by molar-refractivity contribution is 0.427. The lowest BCUT2D eigenvalue weighted by atomic mass is 10.1. The highest BCUT2D eigenvalue weighted by Crippen LogP contribution is 2.28. The van der Waals surface area contributed by atoms with Gasteiger partial charge in [0.1, 0.15) is 17.7 Å². The van der Waals surface area contributed by atoms with Crippen LogP contribution in [-0.4, -0.2) is 18.0 Å². The summed E-state index contributed by atoms with van der Waals surface area (Å²) in [7, 11) is 0. The van der Waals surface area contributed by atoms with Gasteiger partial charge in [-0.15, -0.1) is 0 Å².